The third-order valence-electron chi connectivity index (χ3n) is 2.87. The molecule has 3 nitrogen and oxygen atoms in total. The zero-order chi connectivity index (χ0) is 13.4. The van der Waals surface area contributed by atoms with Crippen LogP contribution in [0.15, 0.2) is 24.3 Å². The van der Waals surface area contributed by atoms with Gasteiger partial charge in [0.25, 0.3) is 0 Å². The van der Waals surface area contributed by atoms with E-state index < -0.39 is 0 Å². The molecule has 1 rings (SSSR count). The highest BCUT2D eigenvalue weighted by Crippen LogP contribution is 2.20. The predicted molar refractivity (Wildman–Crippen MR) is 78.6 cm³/mol. The third-order valence-corrected chi connectivity index (χ3v) is 2.87. The van der Waals surface area contributed by atoms with Crippen LogP contribution in [0.5, 0.6) is 5.75 Å². The lowest BCUT2D eigenvalue weighted by Gasteiger charge is -2.21. The van der Waals surface area contributed by atoms with Crippen molar-refractivity contribution >= 4 is 5.69 Å². The standard InChI is InChI=1S/C15H26N2O/c1-5-17(6-2)14-8-7-9-15(12-14)18-11-10-16-13(3)4/h7-9,12-13,16H,5-6,10-11H2,1-4H3. The minimum Gasteiger partial charge on any atom is -0.492 e. The van der Waals surface area contributed by atoms with Crippen LogP contribution in [-0.4, -0.2) is 32.3 Å². The van der Waals surface area contributed by atoms with E-state index in [4.69, 9.17) is 4.74 Å². The van der Waals surface area contributed by atoms with Gasteiger partial charge in [0.1, 0.15) is 12.4 Å². The lowest BCUT2D eigenvalue weighted by molar-refractivity contribution is 0.309. The van der Waals surface area contributed by atoms with Crippen molar-refractivity contribution in [2.75, 3.05) is 31.1 Å². The SMILES string of the molecule is CCN(CC)c1cccc(OCCNC(C)C)c1. The summed E-state index contributed by atoms with van der Waals surface area (Å²) in [5, 5.41) is 3.34. The van der Waals surface area contributed by atoms with Crippen LogP contribution in [-0.2, 0) is 0 Å². The Kier molecular flexibility index (Phi) is 6.58. The fourth-order valence-corrected chi connectivity index (χ4v) is 1.88. The normalized spacial score (nSPS) is 10.7. The molecule has 0 spiro atoms. The van der Waals surface area contributed by atoms with E-state index in [1.807, 2.05) is 6.07 Å². The molecule has 1 aromatic rings. The van der Waals surface area contributed by atoms with Gasteiger partial charge in [-0.1, -0.05) is 19.9 Å². The van der Waals surface area contributed by atoms with E-state index in [2.05, 4.69) is 56.1 Å². The van der Waals surface area contributed by atoms with Crippen LogP contribution in [0.25, 0.3) is 0 Å². The van der Waals surface area contributed by atoms with Crippen LogP contribution in [0.1, 0.15) is 27.7 Å². The van der Waals surface area contributed by atoms with E-state index in [-0.39, 0.29) is 0 Å². The Morgan fingerprint density at radius 2 is 1.94 bits per heavy atom. The number of hydrogen-bond donors (Lipinski definition) is 1. The summed E-state index contributed by atoms with van der Waals surface area (Å²) < 4.78 is 5.75. The lowest BCUT2D eigenvalue weighted by atomic mass is 10.2. The maximum absolute atomic E-state index is 5.75. The first-order chi connectivity index (χ1) is 8.67. The van der Waals surface area contributed by atoms with Crippen molar-refractivity contribution in [2.24, 2.45) is 0 Å². The summed E-state index contributed by atoms with van der Waals surface area (Å²) in [6.07, 6.45) is 0. The monoisotopic (exact) mass is 250 g/mol. The van der Waals surface area contributed by atoms with E-state index in [0.717, 1.165) is 25.4 Å². The molecule has 102 valence electrons. The van der Waals surface area contributed by atoms with Crippen LogP contribution >= 0.6 is 0 Å². The molecule has 3 heteroatoms. The molecule has 0 aliphatic carbocycles. The van der Waals surface area contributed by atoms with E-state index in [9.17, 15) is 0 Å². The first-order valence-electron chi connectivity index (χ1n) is 6.88. The lowest BCUT2D eigenvalue weighted by Crippen LogP contribution is -2.27. The van der Waals surface area contributed by atoms with Gasteiger partial charge in [-0.15, -0.1) is 0 Å². The Morgan fingerprint density at radius 1 is 1.22 bits per heavy atom. The second-order valence-electron chi connectivity index (χ2n) is 4.63. The molecular formula is C15H26N2O. The maximum atomic E-state index is 5.75. The fraction of sp³-hybridized carbons (Fsp3) is 0.600. The molecule has 0 unspecified atom stereocenters. The molecular weight excluding hydrogens is 224 g/mol. The second-order valence-corrected chi connectivity index (χ2v) is 4.63. The topological polar surface area (TPSA) is 24.5 Å². The Labute approximate surface area is 111 Å². The Morgan fingerprint density at radius 3 is 2.56 bits per heavy atom. The maximum Gasteiger partial charge on any atom is 0.121 e. The summed E-state index contributed by atoms with van der Waals surface area (Å²) >= 11 is 0. The van der Waals surface area contributed by atoms with Gasteiger partial charge >= 0.3 is 0 Å². The number of hydrogen-bond acceptors (Lipinski definition) is 3. The van der Waals surface area contributed by atoms with Gasteiger partial charge in [-0.25, -0.2) is 0 Å². The number of nitrogens with zero attached hydrogens (tertiary/aromatic N) is 1. The van der Waals surface area contributed by atoms with E-state index >= 15 is 0 Å². The van der Waals surface area contributed by atoms with Crippen LogP contribution in [0.4, 0.5) is 5.69 Å². The Hall–Kier alpha value is -1.22. The molecule has 1 N–H and O–H groups in total. The molecule has 0 aliphatic rings. The molecule has 1 aromatic carbocycles. The molecule has 0 atom stereocenters. The highest BCUT2D eigenvalue weighted by Gasteiger charge is 2.03. The zero-order valence-corrected chi connectivity index (χ0v) is 12.1. The van der Waals surface area contributed by atoms with Crippen molar-refractivity contribution in [3.05, 3.63) is 24.3 Å². The number of benzene rings is 1. The quantitative estimate of drug-likeness (QED) is 0.718. The van der Waals surface area contributed by atoms with Gasteiger partial charge in [-0.05, 0) is 26.0 Å². The highest BCUT2D eigenvalue weighted by molar-refractivity contribution is 5.50. The van der Waals surface area contributed by atoms with Gasteiger partial charge in [-0.2, -0.15) is 0 Å². The molecule has 0 aromatic heterocycles. The summed E-state index contributed by atoms with van der Waals surface area (Å²) in [5.41, 5.74) is 1.23. The molecule has 0 saturated heterocycles. The smallest absolute Gasteiger partial charge is 0.121 e. The molecule has 0 amide bonds. The summed E-state index contributed by atoms with van der Waals surface area (Å²) in [6.45, 7) is 12.3. The predicted octanol–water partition coefficient (Wildman–Crippen LogP) is 2.91. The molecule has 0 heterocycles. The number of rotatable bonds is 8. The average molecular weight is 250 g/mol. The van der Waals surface area contributed by atoms with Crippen LogP contribution in [0, 0.1) is 0 Å². The van der Waals surface area contributed by atoms with Gasteiger partial charge < -0.3 is 15.0 Å². The van der Waals surface area contributed by atoms with Crippen LogP contribution in [0.3, 0.4) is 0 Å². The molecule has 0 saturated carbocycles. The summed E-state index contributed by atoms with van der Waals surface area (Å²) in [6, 6.07) is 8.83. The molecule has 18 heavy (non-hydrogen) atoms. The van der Waals surface area contributed by atoms with E-state index in [1.165, 1.54) is 5.69 Å². The van der Waals surface area contributed by atoms with Crippen LogP contribution in [0.2, 0.25) is 0 Å². The summed E-state index contributed by atoms with van der Waals surface area (Å²) in [5.74, 6) is 0.949. The highest BCUT2D eigenvalue weighted by atomic mass is 16.5. The summed E-state index contributed by atoms with van der Waals surface area (Å²) in [4.78, 5) is 2.32. The van der Waals surface area contributed by atoms with Crippen molar-refractivity contribution in [2.45, 2.75) is 33.7 Å². The molecule has 0 bridgehead atoms. The largest absolute Gasteiger partial charge is 0.492 e. The minimum absolute atomic E-state index is 0.510. The number of anilines is 1. The Bertz CT molecular complexity index is 335. The van der Waals surface area contributed by atoms with E-state index in [1.54, 1.807) is 0 Å². The first kappa shape index (κ1) is 14.8. The number of ether oxygens (including phenoxy) is 1. The van der Waals surface area contributed by atoms with Gasteiger partial charge in [0.15, 0.2) is 0 Å². The van der Waals surface area contributed by atoms with Crippen molar-refractivity contribution in [1.82, 2.24) is 5.32 Å². The fourth-order valence-electron chi connectivity index (χ4n) is 1.88. The Balaban J connectivity index is 2.49. The third kappa shape index (κ3) is 4.96. The van der Waals surface area contributed by atoms with Gasteiger partial charge in [0.2, 0.25) is 0 Å². The molecule has 0 aliphatic heterocycles. The van der Waals surface area contributed by atoms with Crippen molar-refractivity contribution in [1.29, 1.82) is 0 Å². The van der Waals surface area contributed by atoms with Crippen LogP contribution < -0.4 is 15.0 Å². The van der Waals surface area contributed by atoms with Crippen molar-refractivity contribution < 1.29 is 4.74 Å². The minimum atomic E-state index is 0.510. The van der Waals surface area contributed by atoms with E-state index in [0.29, 0.717) is 12.6 Å². The zero-order valence-electron chi connectivity index (χ0n) is 12.1. The van der Waals surface area contributed by atoms with Gasteiger partial charge in [0, 0.05) is 37.4 Å². The average Bonchev–Trinajstić information content (AvgIpc) is 2.36. The van der Waals surface area contributed by atoms with Crippen molar-refractivity contribution in [3.8, 4) is 5.75 Å². The molecule has 0 radical (unpaired) electrons. The summed E-state index contributed by atoms with van der Waals surface area (Å²) in [7, 11) is 0. The second kappa shape index (κ2) is 7.98. The van der Waals surface area contributed by atoms with Crippen molar-refractivity contribution in [3.63, 3.8) is 0 Å². The van der Waals surface area contributed by atoms with Gasteiger partial charge in [0.05, 0.1) is 0 Å². The first-order valence-corrected chi connectivity index (χ1v) is 6.88. The molecule has 0 fully saturated rings. The number of nitrogens with one attached hydrogen (secondary N) is 1. The van der Waals surface area contributed by atoms with Gasteiger partial charge in [-0.3, -0.25) is 0 Å².